The second-order valence-corrected chi connectivity index (χ2v) is 7.35. The zero-order chi connectivity index (χ0) is 18.5. The number of rotatable bonds is 5. The van der Waals surface area contributed by atoms with Gasteiger partial charge in [0.15, 0.2) is 0 Å². The van der Waals surface area contributed by atoms with Crippen LogP contribution < -0.4 is 4.90 Å². The molecule has 0 saturated carbocycles. The third-order valence-corrected chi connectivity index (χ3v) is 5.23. The molecule has 0 aromatic heterocycles. The molecule has 1 fully saturated rings. The van der Waals surface area contributed by atoms with Gasteiger partial charge in [-0.05, 0) is 19.1 Å². The number of hydrogen-bond acceptors (Lipinski definition) is 3. The third kappa shape index (κ3) is 4.57. The number of ether oxygens (including phenoxy) is 1. The number of halogens is 2. The predicted molar refractivity (Wildman–Crippen MR) is 106 cm³/mol. The number of benzene rings is 2. The highest BCUT2D eigenvalue weighted by Gasteiger charge is 2.30. The summed E-state index contributed by atoms with van der Waals surface area (Å²) in [5.41, 5.74) is 1.78. The number of aliphatic imine (C=N–C) groups is 1. The van der Waals surface area contributed by atoms with Crippen molar-refractivity contribution in [2.45, 2.75) is 19.0 Å². The van der Waals surface area contributed by atoms with Gasteiger partial charge in [0.05, 0.1) is 18.2 Å². The van der Waals surface area contributed by atoms with Gasteiger partial charge < -0.3 is 14.7 Å². The Labute approximate surface area is 164 Å². The number of nitrogens with zero attached hydrogens (tertiary/aromatic N) is 1. The average Bonchev–Trinajstić information content (AvgIpc) is 2.65. The van der Waals surface area contributed by atoms with Crippen molar-refractivity contribution in [2.75, 3.05) is 26.3 Å². The Kier molecular flexibility index (Phi) is 6.54. The topological polar surface area (TPSA) is 46.3 Å². The lowest BCUT2D eigenvalue weighted by molar-refractivity contribution is -0.940. The van der Waals surface area contributed by atoms with Crippen molar-refractivity contribution in [2.24, 2.45) is 4.99 Å². The summed E-state index contributed by atoms with van der Waals surface area (Å²) in [5.74, 6) is 0.00185. The molecule has 2 aromatic carbocycles. The molecule has 1 aliphatic heterocycles. The fourth-order valence-corrected chi connectivity index (χ4v) is 3.94. The molecule has 6 heteroatoms. The SMILES string of the molecule is C[C@H](N=Cc1cc(Cl)cc(Cl)c1O)[C@@H](c1ccccc1)[NH+]1CCOCC1. The first-order valence-electron chi connectivity index (χ1n) is 8.74. The summed E-state index contributed by atoms with van der Waals surface area (Å²) in [5, 5.41) is 10.8. The zero-order valence-corrected chi connectivity index (χ0v) is 16.2. The van der Waals surface area contributed by atoms with E-state index in [1.54, 1.807) is 12.3 Å². The molecule has 0 spiro atoms. The second kappa shape index (κ2) is 8.87. The number of aromatic hydroxyl groups is 1. The van der Waals surface area contributed by atoms with Crippen LogP contribution in [0.5, 0.6) is 5.75 Å². The molecule has 4 nitrogen and oxygen atoms in total. The molecule has 1 aliphatic rings. The first-order valence-corrected chi connectivity index (χ1v) is 9.50. The van der Waals surface area contributed by atoms with Crippen LogP contribution in [0.3, 0.4) is 0 Å². The molecule has 2 aromatic rings. The largest absolute Gasteiger partial charge is 0.506 e. The van der Waals surface area contributed by atoms with Gasteiger partial charge in [-0.15, -0.1) is 0 Å². The molecule has 0 amide bonds. The van der Waals surface area contributed by atoms with Crippen molar-refractivity contribution < 1.29 is 14.7 Å². The zero-order valence-electron chi connectivity index (χ0n) is 14.7. The van der Waals surface area contributed by atoms with Crippen LogP contribution in [0.2, 0.25) is 10.0 Å². The third-order valence-electron chi connectivity index (χ3n) is 4.72. The minimum atomic E-state index is 0.00185. The highest BCUT2D eigenvalue weighted by molar-refractivity contribution is 6.36. The molecule has 138 valence electrons. The Morgan fingerprint density at radius 3 is 2.54 bits per heavy atom. The maximum absolute atomic E-state index is 10.1. The van der Waals surface area contributed by atoms with Gasteiger partial charge in [-0.2, -0.15) is 0 Å². The summed E-state index contributed by atoms with van der Waals surface area (Å²) < 4.78 is 5.52. The molecular formula is C20H23Cl2N2O2+. The van der Waals surface area contributed by atoms with E-state index in [1.165, 1.54) is 16.5 Å². The van der Waals surface area contributed by atoms with Crippen LogP contribution in [0.25, 0.3) is 0 Å². The van der Waals surface area contributed by atoms with Gasteiger partial charge in [0, 0.05) is 22.4 Å². The predicted octanol–water partition coefficient (Wildman–Crippen LogP) is 3.16. The van der Waals surface area contributed by atoms with E-state index in [0.29, 0.717) is 10.6 Å². The Morgan fingerprint density at radius 2 is 1.85 bits per heavy atom. The highest BCUT2D eigenvalue weighted by atomic mass is 35.5. The van der Waals surface area contributed by atoms with Gasteiger partial charge in [-0.1, -0.05) is 53.5 Å². The van der Waals surface area contributed by atoms with Crippen LogP contribution in [0.4, 0.5) is 0 Å². The van der Waals surface area contributed by atoms with Gasteiger partial charge in [0.1, 0.15) is 30.9 Å². The summed E-state index contributed by atoms with van der Waals surface area (Å²) in [6.07, 6.45) is 1.66. The maximum atomic E-state index is 10.1. The Bertz CT molecular complexity index is 762. The van der Waals surface area contributed by atoms with Crippen LogP contribution >= 0.6 is 23.2 Å². The van der Waals surface area contributed by atoms with Gasteiger partial charge in [-0.25, -0.2) is 0 Å². The standard InChI is InChI=1S/C20H22Cl2N2O2/c1-14(23-13-16-11-17(21)12-18(22)20(16)25)19(15-5-3-2-4-6-15)24-7-9-26-10-8-24/h2-6,11-14,19,25H,7-10H2,1H3/p+1/t14-,19-/m0/s1. The van der Waals surface area contributed by atoms with Crippen LogP contribution in [-0.2, 0) is 4.74 Å². The van der Waals surface area contributed by atoms with Gasteiger partial charge in [0.2, 0.25) is 0 Å². The molecule has 0 unspecified atom stereocenters. The maximum Gasteiger partial charge on any atom is 0.143 e. The lowest BCUT2D eigenvalue weighted by atomic mass is 9.98. The minimum absolute atomic E-state index is 0.00185. The van der Waals surface area contributed by atoms with E-state index in [4.69, 9.17) is 32.9 Å². The van der Waals surface area contributed by atoms with Crippen molar-refractivity contribution in [3.05, 3.63) is 63.6 Å². The first kappa shape index (κ1) is 19.2. The Balaban J connectivity index is 1.87. The molecule has 1 saturated heterocycles. The lowest BCUT2D eigenvalue weighted by Gasteiger charge is -2.33. The van der Waals surface area contributed by atoms with Crippen molar-refractivity contribution in [3.63, 3.8) is 0 Å². The van der Waals surface area contributed by atoms with E-state index in [1.807, 2.05) is 6.07 Å². The van der Waals surface area contributed by atoms with Crippen molar-refractivity contribution in [3.8, 4) is 5.75 Å². The number of phenolic OH excluding ortho intramolecular Hbond substituents is 1. The monoisotopic (exact) mass is 393 g/mol. The molecule has 2 N–H and O–H groups in total. The summed E-state index contributed by atoms with van der Waals surface area (Å²) >= 11 is 12.0. The Hall–Kier alpha value is -1.59. The lowest BCUT2D eigenvalue weighted by Crippen LogP contribution is -3.15. The fraction of sp³-hybridized carbons (Fsp3) is 0.350. The van der Waals surface area contributed by atoms with Crippen molar-refractivity contribution in [1.82, 2.24) is 0 Å². The normalized spacial score (nSPS) is 18.1. The summed E-state index contributed by atoms with van der Waals surface area (Å²) in [4.78, 5) is 6.18. The highest BCUT2D eigenvalue weighted by Crippen LogP contribution is 2.30. The van der Waals surface area contributed by atoms with Crippen LogP contribution in [0.15, 0.2) is 47.5 Å². The number of nitrogens with one attached hydrogen (secondary N) is 1. The molecule has 26 heavy (non-hydrogen) atoms. The Morgan fingerprint density at radius 1 is 1.15 bits per heavy atom. The molecule has 1 heterocycles. The smallest absolute Gasteiger partial charge is 0.143 e. The molecule has 2 atom stereocenters. The van der Waals surface area contributed by atoms with Crippen LogP contribution in [0, 0.1) is 0 Å². The van der Waals surface area contributed by atoms with Crippen LogP contribution in [0.1, 0.15) is 24.1 Å². The summed E-state index contributed by atoms with van der Waals surface area (Å²) in [7, 11) is 0. The van der Waals surface area contributed by atoms with E-state index in [2.05, 4.69) is 31.2 Å². The summed E-state index contributed by atoms with van der Waals surface area (Å²) in [6, 6.07) is 13.8. The van der Waals surface area contributed by atoms with E-state index in [-0.39, 0.29) is 22.9 Å². The molecular weight excluding hydrogens is 371 g/mol. The van der Waals surface area contributed by atoms with E-state index in [9.17, 15) is 5.11 Å². The second-order valence-electron chi connectivity index (χ2n) is 6.50. The summed E-state index contributed by atoms with van der Waals surface area (Å²) in [6.45, 7) is 5.53. The van der Waals surface area contributed by atoms with Crippen LogP contribution in [-0.4, -0.2) is 43.7 Å². The van der Waals surface area contributed by atoms with Crippen molar-refractivity contribution in [1.29, 1.82) is 0 Å². The van der Waals surface area contributed by atoms with Crippen molar-refractivity contribution >= 4 is 29.4 Å². The van der Waals surface area contributed by atoms with E-state index in [0.717, 1.165) is 26.3 Å². The molecule has 0 radical (unpaired) electrons. The molecule has 0 bridgehead atoms. The molecule has 0 aliphatic carbocycles. The quantitative estimate of drug-likeness (QED) is 0.766. The minimum Gasteiger partial charge on any atom is -0.506 e. The first-order chi connectivity index (χ1) is 12.6. The van der Waals surface area contributed by atoms with Gasteiger partial charge >= 0.3 is 0 Å². The fourth-order valence-electron chi connectivity index (χ4n) is 3.43. The number of quaternary nitrogens is 1. The number of morpholine rings is 1. The van der Waals surface area contributed by atoms with E-state index < -0.39 is 0 Å². The van der Waals surface area contributed by atoms with Gasteiger partial charge in [0.25, 0.3) is 0 Å². The average molecular weight is 394 g/mol. The van der Waals surface area contributed by atoms with E-state index >= 15 is 0 Å². The number of hydrogen-bond donors (Lipinski definition) is 2. The number of phenols is 1. The van der Waals surface area contributed by atoms with Gasteiger partial charge in [-0.3, -0.25) is 4.99 Å². The molecule has 3 rings (SSSR count).